The van der Waals surface area contributed by atoms with E-state index in [0.29, 0.717) is 69.1 Å². The van der Waals surface area contributed by atoms with Gasteiger partial charge in [-0.2, -0.15) is 0 Å². The highest BCUT2D eigenvalue weighted by molar-refractivity contribution is 6.00. The lowest BCUT2D eigenvalue weighted by Gasteiger charge is -2.30. The highest BCUT2D eigenvalue weighted by Gasteiger charge is 2.40. The van der Waals surface area contributed by atoms with E-state index in [1.807, 2.05) is 48.5 Å². The molecule has 2 fully saturated rings. The molecule has 2 aliphatic rings. The molecule has 30 nitrogen and oxygen atoms in total. The molecular weight excluding hydrogens is 1270 g/mol. The molecule has 0 saturated carbocycles. The third kappa shape index (κ3) is 18.1. The molecule has 30 heteroatoms. The van der Waals surface area contributed by atoms with Gasteiger partial charge in [0.1, 0.15) is 60.1 Å². The maximum Gasteiger partial charge on any atom is 0.245 e. The zero-order valence-corrected chi connectivity index (χ0v) is 54.4. The van der Waals surface area contributed by atoms with Crippen molar-refractivity contribution in [3.8, 4) is 5.75 Å². The fourth-order valence-electron chi connectivity index (χ4n) is 12.6. The van der Waals surface area contributed by atoms with Crippen LogP contribution < -0.4 is 58.9 Å². The molecule has 2 aliphatic heterocycles. The number of nitrogens with zero attached hydrogens (tertiary/aromatic N) is 2. The van der Waals surface area contributed by atoms with E-state index in [9.17, 15) is 43.8 Å². The van der Waals surface area contributed by atoms with Gasteiger partial charge in [0, 0.05) is 116 Å². The Bertz CT molecular complexity index is 4220. The third-order valence-electron chi connectivity index (χ3n) is 17.7. The zero-order chi connectivity index (χ0) is 70.1. The summed E-state index contributed by atoms with van der Waals surface area (Å²) in [6.45, 7) is 1.46. The van der Waals surface area contributed by atoms with Gasteiger partial charge >= 0.3 is 0 Å². The first-order valence-electron chi connectivity index (χ1n) is 32.9. The standard InChI is InChI=1S/C69H82N18O12/c1-2-73-67(98)58-18-10-26-87(58)68(99)51(17-9-25-74-69(70)71)80-62(93)53(28-39-32-75-47-14-6-3-11-44(39)47)83-63(94)54(29-40-33-76-48-15-7-4-12-45(40)48)82-61(92)52(27-38-19-21-43(89)22-20-38)81-66(97)57(36-88)86-64(95)55(30-41-34-77-49-16-8-5-13-46(41)49)84-65(96)56(31-42-35-72-37-78-42)85-60(91)50-23-24-59(90)79-50/h3-8,11-16,19-22,32-35,37,50-58,75-77,88-89H,2,9-10,17-18,23-31,36H2,1H3,(H,72,78)(H,73,98)(H,79,90)(H,80,93)(H,81,97)(H,82,92)(H,83,94)(H,84,96)(H,85,91)(H,86,95)(H4,70,71,74)/t50-,51-,52-,53-,54+,55-,56-,57-,58-/m0/s1. The lowest BCUT2D eigenvalue weighted by molar-refractivity contribution is -0.142. The number of aliphatic hydroxyl groups excluding tert-OH is 1. The number of aromatic hydroxyl groups is 1. The number of aliphatic hydroxyl groups is 1. The molecule has 2 saturated heterocycles. The Balaban J connectivity index is 0.933. The third-order valence-corrected chi connectivity index (χ3v) is 17.7. The van der Waals surface area contributed by atoms with Gasteiger partial charge in [-0.25, -0.2) is 4.98 Å². The number of nitrogens with one attached hydrogen (secondary N) is 15. The number of hydrogen-bond acceptors (Lipinski definition) is 14. The number of carbonyl (C=O) groups excluding carboxylic acids is 10. The molecule has 10 rings (SSSR count). The van der Waals surface area contributed by atoms with Crippen molar-refractivity contribution in [2.75, 3.05) is 26.2 Å². The zero-order valence-electron chi connectivity index (χ0n) is 54.4. The van der Waals surface area contributed by atoms with Crippen LogP contribution in [0.25, 0.3) is 32.7 Å². The fraction of sp³-hybridized carbons (Fsp3) is 0.362. The number of likely N-dealkylation sites (N-methyl/N-ethyl adjacent to an activating group) is 1. The van der Waals surface area contributed by atoms with Crippen molar-refractivity contribution < 1.29 is 58.2 Å². The van der Waals surface area contributed by atoms with E-state index >= 15 is 14.4 Å². The molecule has 4 aromatic carbocycles. The number of imidazole rings is 1. The molecule has 0 radical (unpaired) electrons. The molecule has 99 heavy (non-hydrogen) atoms. The smallest absolute Gasteiger partial charge is 0.245 e. The highest BCUT2D eigenvalue weighted by Crippen LogP contribution is 2.25. The van der Waals surface area contributed by atoms with E-state index in [4.69, 9.17) is 11.1 Å². The summed E-state index contributed by atoms with van der Waals surface area (Å²) in [7, 11) is 0. The van der Waals surface area contributed by atoms with Gasteiger partial charge in [0.05, 0.1) is 18.6 Å². The lowest BCUT2D eigenvalue weighted by atomic mass is 10.00. The quantitative estimate of drug-likeness (QED) is 0.0151. The van der Waals surface area contributed by atoms with Crippen molar-refractivity contribution >= 4 is 97.7 Å². The summed E-state index contributed by atoms with van der Waals surface area (Å²) in [5.41, 5.74) is 10.2. The molecule has 8 aromatic rings. The Labute approximate surface area is 567 Å². The van der Waals surface area contributed by atoms with Gasteiger partial charge in [-0.05, 0) is 91.6 Å². The average molecular weight is 1360 g/mol. The first-order chi connectivity index (χ1) is 47.8. The Morgan fingerprint density at radius 2 is 1.06 bits per heavy atom. The number of hydrogen-bond donors (Lipinski definition) is 18. The molecule has 19 N–H and O–H groups in total. The Morgan fingerprint density at radius 3 is 1.53 bits per heavy atom. The van der Waals surface area contributed by atoms with E-state index in [1.54, 1.807) is 49.8 Å². The number of nitrogens with two attached hydrogens (primary N) is 1. The number of amides is 10. The largest absolute Gasteiger partial charge is 0.508 e. The average Bonchev–Trinajstić information content (AvgIpc) is 1.75. The second-order valence-corrected chi connectivity index (χ2v) is 24.7. The van der Waals surface area contributed by atoms with Crippen LogP contribution in [0.5, 0.6) is 5.75 Å². The number of aromatic nitrogens is 5. The predicted molar refractivity (Wildman–Crippen MR) is 364 cm³/mol. The second kappa shape index (κ2) is 32.9. The van der Waals surface area contributed by atoms with Crippen LogP contribution in [0.3, 0.4) is 0 Å². The van der Waals surface area contributed by atoms with Gasteiger partial charge in [0.25, 0.3) is 0 Å². The number of likely N-dealkylation sites (tertiary alicyclic amines) is 1. The van der Waals surface area contributed by atoms with Crippen molar-refractivity contribution in [1.29, 1.82) is 5.41 Å². The van der Waals surface area contributed by atoms with Gasteiger partial charge in [-0.15, -0.1) is 0 Å². The van der Waals surface area contributed by atoms with E-state index < -0.39 is 108 Å². The van der Waals surface area contributed by atoms with Crippen LogP contribution in [-0.4, -0.2) is 186 Å². The molecular formula is C69H82N18O12. The monoisotopic (exact) mass is 1350 g/mol. The second-order valence-electron chi connectivity index (χ2n) is 24.7. The van der Waals surface area contributed by atoms with E-state index in [0.717, 1.165) is 10.9 Å². The van der Waals surface area contributed by atoms with Gasteiger partial charge in [-0.1, -0.05) is 66.7 Å². The maximum absolute atomic E-state index is 15.5. The minimum absolute atomic E-state index is 0.0339. The maximum atomic E-state index is 15.5. The molecule has 9 atom stereocenters. The van der Waals surface area contributed by atoms with Gasteiger partial charge < -0.3 is 94.0 Å². The van der Waals surface area contributed by atoms with Gasteiger partial charge in [-0.3, -0.25) is 53.4 Å². The van der Waals surface area contributed by atoms with Crippen molar-refractivity contribution in [2.45, 2.75) is 132 Å². The summed E-state index contributed by atoms with van der Waals surface area (Å²) in [6, 6.07) is 15.3. The fourth-order valence-corrected chi connectivity index (χ4v) is 12.6. The summed E-state index contributed by atoms with van der Waals surface area (Å²) in [5, 5.41) is 58.5. The van der Waals surface area contributed by atoms with Crippen molar-refractivity contribution in [3.05, 3.63) is 156 Å². The number of rotatable bonds is 32. The number of phenols is 1. The van der Waals surface area contributed by atoms with E-state index in [1.165, 1.54) is 41.7 Å². The first kappa shape index (κ1) is 70.2. The van der Waals surface area contributed by atoms with Crippen molar-refractivity contribution in [3.63, 3.8) is 0 Å². The molecule has 0 bridgehead atoms. The van der Waals surface area contributed by atoms with Crippen molar-refractivity contribution in [2.24, 2.45) is 5.73 Å². The number of fused-ring (bicyclic) bond motifs is 3. The van der Waals surface area contributed by atoms with Crippen LogP contribution in [0, 0.1) is 5.41 Å². The molecule has 4 aromatic heterocycles. The molecule has 10 amide bonds. The van der Waals surface area contributed by atoms with Crippen LogP contribution in [-0.2, 0) is 80.0 Å². The predicted octanol–water partition coefficient (Wildman–Crippen LogP) is 0.127. The molecule has 0 aliphatic carbocycles. The number of aromatic amines is 4. The van der Waals surface area contributed by atoms with Crippen LogP contribution in [0.2, 0.25) is 0 Å². The topological polar surface area (TPSA) is 461 Å². The number of phenolic OH excluding ortho intramolecular Hbond substituents is 1. The normalized spacial score (nSPS) is 16.5. The van der Waals surface area contributed by atoms with Gasteiger partial charge in [0.2, 0.25) is 59.1 Å². The first-order valence-corrected chi connectivity index (χ1v) is 32.9. The van der Waals surface area contributed by atoms with E-state index in [2.05, 4.69) is 78.1 Å². The minimum atomic E-state index is -1.81. The van der Waals surface area contributed by atoms with Crippen LogP contribution in [0.15, 0.2) is 128 Å². The number of benzene rings is 4. The summed E-state index contributed by atoms with van der Waals surface area (Å²) >= 11 is 0. The molecule has 0 unspecified atom stereocenters. The summed E-state index contributed by atoms with van der Waals surface area (Å²) < 4.78 is 0. The van der Waals surface area contributed by atoms with Crippen molar-refractivity contribution in [1.82, 2.24) is 83.0 Å². The Kier molecular flexibility index (Phi) is 23.4. The van der Waals surface area contributed by atoms with Crippen LogP contribution >= 0.6 is 0 Å². The number of H-pyrrole nitrogens is 4. The van der Waals surface area contributed by atoms with E-state index in [-0.39, 0.29) is 94.4 Å². The molecule has 6 heterocycles. The molecule has 520 valence electrons. The highest BCUT2D eigenvalue weighted by atomic mass is 16.3. The summed E-state index contributed by atoms with van der Waals surface area (Å²) in [6.07, 6.45) is 8.44. The minimum Gasteiger partial charge on any atom is -0.508 e. The van der Waals surface area contributed by atoms with Gasteiger partial charge in [0.15, 0.2) is 5.96 Å². The number of carbonyl (C=O) groups is 10. The number of guanidine groups is 1. The summed E-state index contributed by atoms with van der Waals surface area (Å²) in [5.74, 6) is -7.74. The SMILES string of the molecule is CCNC(=O)[C@@H]1CCCN1C(=O)[C@H](CCCNC(=N)N)NC(=O)[C@H](Cc1c[nH]c2ccccc12)NC(=O)[C@@H](Cc1c[nH]c2ccccc12)NC(=O)[C@H](Cc1ccc(O)cc1)NC(=O)[C@H](CO)NC(=O)[C@H](Cc1c[nH]c2ccccc12)NC(=O)[C@H](Cc1c[nH]cn1)NC(=O)[C@@H]1CCC(=O)N1. The Hall–Kier alpha value is -11.6. The molecule has 0 spiro atoms. The number of para-hydroxylation sites is 3. The Morgan fingerprint density at radius 1 is 0.586 bits per heavy atom. The summed E-state index contributed by atoms with van der Waals surface area (Å²) in [4.78, 5) is 162. The lowest BCUT2D eigenvalue weighted by Crippen LogP contribution is -2.62. The van der Waals surface area contributed by atoms with Crippen LogP contribution in [0.4, 0.5) is 0 Å². The van der Waals surface area contributed by atoms with Crippen LogP contribution in [0.1, 0.15) is 73.4 Å².